The number of carboxylic acid groups (broad SMARTS) is 1. The molecule has 1 aliphatic carbocycles. The van der Waals surface area contributed by atoms with Crippen molar-refractivity contribution in [3.63, 3.8) is 0 Å². The van der Waals surface area contributed by atoms with Gasteiger partial charge in [0, 0.05) is 18.9 Å². The van der Waals surface area contributed by atoms with Crippen molar-refractivity contribution < 1.29 is 14.7 Å². The monoisotopic (exact) mass is 269 g/mol. The second-order valence-electron chi connectivity index (χ2n) is 6.45. The molecule has 1 aliphatic rings. The Labute approximate surface area is 116 Å². The van der Waals surface area contributed by atoms with Gasteiger partial charge in [-0.25, -0.2) is 0 Å². The zero-order valence-electron chi connectivity index (χ0n) is 12.2. The summed E-state index contributed by atoms with van der Waals surface area (Å²) in [6.07, 6.45) is 7.01. The van der Waals surface area contributed by atoms with E-state index in [9.17, 15) is 9.59 Å². The minimum atomic E-state index is -0.742. The van der Waals surface area contributed by atoms with Gasteiger partial charge in [0.2, 0.25) is 5.91 Å². The highest BCUT2D eigenvalue weighted by atomic mass is 16.4. The highest BCUT2D eigenvalue weighted by molar-refractivity contribution is 5.78. The van der Waals surface area contributed by atoms with Crippen molar-refractivity contribution in [2.75, 3.05) is 6.54 Å². The van der Waals surface area contributed by atoms with Crippen molar-refractivity contribution in [3.05, 3.63) is 0 Å². The summed E-state index contributed by atoms with van der Waals surface area (Å²) >= 11 is 0. The van der Waals surface area contributed by atoms with Crippen molar-refractivity contribution in [3.8, 4) is 0 Å². The summed E-state index contributed by atoms with van der Waals surface area (Å²) in [4.78, 5) is 22.4. The number of nitrogens with one attached hydrogen (secondary N) is 1. The molecule has 1 unspecified atom stereocenters. The fourth-order valence-corrected chi connectivity index (χ4v) is 2.86. The standard InChI is InChI=1S/C15H27NO3/c1-15(2)9-6-7-12(11-15)14(19)16-10-5-3-4-8-13(17)18/h12H,3-11H2,1-2H3,(H,16,19)(H,17,18). The van der Waals surface area contributed by atoms with Crippen molar-refractivity contribution >= 4 is 11.9 Å². The van der Waals surface area contributed by atoms with E-state index in [4.69, 9.17) is 5.11 Å². The molecule has 4 nitrogen and oxygen atoms in total. The first-order valence-electron chi connectivity index (χ1n) is 7.40. The molecular formula is C15H27NO3. The molecule has 0 aromatic rings. The fraction of sp³-hybridized carbons (Fsp3) is 0.867. The summed E-state index contributed by atoms with van der Waals surface area (Å²) in [7, 11) is 0. The van der Waals surface area contributed by atoms with Crippen LogP contribution in [0.2, 0.25) is 0 Å². The second kappa shape index (κ2) is 7.51. The Bertz CT molecular complexity index is 313. The lowest BCUT2D eigenvalue weighted by molar-refractivity contribution is -0.137. The number of amides is 1. The van der Waals surface area contributed by atoms with Crippen LogP contribution < -0.4 is 5.32 Å². The zero-order valence-corrected chi connectivity index (χ0v) is 12.2. The van der Waals surface area contributed by atoms with Crippen LogP contribution in [0.3, 0.4) is 0 Å². The Hall–Kier alpha value is -1.06. The van der Waals surface area contributed by atoms with Gasteiger partial charge in [-0.15, -0.1) is 0 Å². The fourth-order valence-electron chi connectivity index (χ4n) is 2.86. The van der Waals surface area contributed by atoms with Gasteiger partial charge in [0.15, 0.2) is 0 Å². The molecule has 0 spiro atoms. The third-order valence-electron chi connectivity index (χ3n) is 3.94. The number of hydrogen-bond donors (Lipinski definition) is 2. The highest BCUT2D eigenvalue weighted by Gasteiger charge is 2.31. The third-order valence-corrected chi connectivity index (χ3v) is 3.94. The molecule has 2 N–H and O–H groups in total. The molecular weight excluding hydrogens is 242 g/mol. The molecule has 0 radical (unpaired) electrons. The van der Waals surface area contributed by atoms with Gasteiger partial charge >= 0.3 is 5.97 Å². The molecule has 0 aromatic heterocycles. The number of carboxylic acids is 1. The van der Waals surface area contributed by atoms with Crippen LogP contribution in [0, 0.1) is 11.3 Å². The smallest absolute Gasteiger partial charge is 0.303 e. The molecule has 0 heterocycles. The summed E-state index contributed by atoms with van der Waals surface area (Å²) in [5.41, 5.74) is 0.293. The van der Waals surface area contributed by atoms with E-state index in [0.717, 1.165) is 32.1 Å². The second-order valence-corrected chi connectivity index (χ2v) is 6.45. The Kier molecular flexibility index (Phi) is 6.32. The van der Waals surface area contributed by atoms with Crippen LogP contribution >= 0.6 is 0 Å². The van der Waals surface area contributed by atoms with E-state index in [-0.39, 0.29) is 18.2 Å². The first-order valence-corrected chi connectivity index (χ1v) is 7.40. The minimum Gasteiger partial charge on any atom is -0.481 e. The first-order chi connectivity index (χ1) is 8.91. The molecule has 0 aromatic carbocycles. The summed E-state index contributed by atoms with van der Waals surface area (Å²) in [6, 6.07) is 0. The zero-order chi connectivity index (χ0) is 14.3. The van der Waals surface area contributed by atoms with E-state index >= 15 is 0 Å². The van der Waals surface area contributed by atoms with Crippen LogP contribution in [-0.4, -0.2) is 23.5 Å². The largest absolute Gasteiger partial charge is 0.481 e. The average molecular weight is 269 g/mol. The van der Waals surface area contributed by atoms with E-state index < -0.39 is 5.97 Å². The quantitative estimate of drug-likeness (QED) is 0.698. The molecule has 1 saturated carbocycles. The van der Waals surface area contributed by atoms with Gasteiger partial charge in [0.05, 0.1) is 0 Å². The maximum absolute atomic E-state index is 12.0. The van der Waals surface area contributed by atoms with Crippen LogP contribution in [0.15, 0.2) is 0 Å². The van der Waals surface area contributed by atoms with E-state index in [2.05, 4.69) is 19.2 Å². The van der Waals surface area contributed by atoms with Crippen molar-refractivity contribution in [1.29, 1.82) is 0 Å². The highest BCUT2D eigenvalue weighted by Crippen LogP contribution is 2.38. The Balaban J connectivity index is 2.12. The molecule has 19 heavy (non-hydrogen) atoms. The van der Waals surface area contributed by atoms with Gasteiger partial charge in [-0.2, -0.15) is 0 Å². The summed E-state index contributed by atoms with van der Waals surface area (Å²) < 4.78 is 0. The lowest BCUT2D eigenvalue weighted by Crippen LogP contribution is -2.36. The first kappa shape index (κ1) is 16.0. The molecule has 1 amide bonds. The van der Waals surface area contributed by atoms with E-state index in [1.807, 2.05) is 0 Å². The normalized spacial score (nSPS) is 21.9. The predicted octanol–water partition coefficient (Wildman–Crippen LogP) is 2.96. The number of rotatable bonds is 7. The number of carbonyl (C=O) groups is 2. The van der Waals surface area contributed by atoms with Gasteiger partial charge in [0.25, 0.3) is 0 Å². The SMILES string of the molecule is CC1(C)CCCC(C(=O)NCCCCCC(=O)O)C1. The maximum atomic E-state index is 12.0. The molecule has 1 fully saturated rings. The van der Waals surface area contributed by atoms with Gasteiger partial charge in [0.1, 0.15) is 0 Å². The minimum absolute atomic E-state index is 0.169. The van der Waals surface area contributed by atoms with Gasteiger partial charge in [-0.1, -0.05) is 26.7 Å². The third kappa shape index (κ3) is 6.60. The molecule has 1 rings (SSSR count). The summed E-state index contributed by atoms with van der Waals surface area (Å²) in [5.74, 6) is -0.387. The van der Waals surface area contributed by atoms with Crippen molar-refractivity contribution in [2.45, 2.75) is 65.2 Å². The Morgan fingerprint density at radius 1 is 1.26 bits per heavy atom. The lowest BCUT2D eigenvalue weighted by atomic mass is 9.72. The molecule has 1 atom stereocenters. The van der Waals surface area contributed by atoms with E-state index in [1.54, 1.807) is 0 Å². The van der Waals surface area contributed by atoms with Crippen LogP contribution in [0.4, 0.5) is 0 Å². The van der Waals surface area contributed by atoms with Gasteiger partial charge in [-0.05, 0) is 37.5 Å². The average Bonchev–Trinajstić information content (AvgIpc) is 2.31. The number of hydrogen-bond acceptors (Lipinski definition) is 2. The molecule has 0 aliphatic heterocycles. The predicted molar refractivity (Wildman–Crippen MR) is 74.9 cm³/mol. The lowest BCUT2D eigenvalue weighted by Gasteiger charge is -2.34. The maximum Gasteiger partial charge on any atom is 0.303 e. The van der Waals surface area contributed by atoms with Gasteiger partial charge in [-0.3, -0.25) is 9.59 Å². The molecule has 4 heteroatoms. The van der Waals surface area contributed by atoms with Crippen LogP contribution in [-0.2, 0) is 9.59 Å². The molecule has 110 valence electrons. The van der Waals surface area contributed by atoms with E-state index in [0.29, 0.717) is 18.4 Å². The van der Waals surface area contributed by atoms with Crippen LogP contribution in [0.25, 0.3) is 0 Å². The number of carbonyl (C=O) groups excluding carboxylic acids is 1. The van der Waals surface area contributed by atoms with Crippen molar-refractivity contribution in [1.82, 2.24) is 5.32 Å². The van der Waals surface area contributed by atoms with E-state index in [1.165, 1.54) is 6.42 Å². The Morgan fingerprint density at radius 3 is 2.63 bits per heavy atom. The topological polar surface area (TPSA) is 66.4 Å². The van der Waals surface area contributed by atoms with Crippen LogP contribution in [0.5, 0.6) is 0 Å². The Morgan fingerprint density at radius 2 is 2.00 bits per heavy atom. The van der Waals surface area contributed by atoms with Gasteiger partial charge < -0.3 is 10.4 Å². The summed E-state index contributed by atoms with van der Waals surface area (Å²) in [5, 5.41) is 11.5. The van der Waals surface area contributed by atoms with Crippen LogP contribution in [0.1, 0.15) is 65.2 Å². The number of unbranched alkanes of at least 4 members (excludes halogenated alkanes) is 2. The molecule has 0 saturated heterocycles. The number of aliphatic carboxylic acids is 1. The van der Waals surface area contributed by atoms with Crippen molar-refractivity contribution in [2.24, 2.45) is 11.3 Å². The molecule has 0 bridgehead atoms. The summed E-state index contributed by atoms with van der Waals surface area (Å²) in [6.45, 7) is 5.14.